The lowest BCUT2D eigenvalue weighted by molar-refractivity contribution is 0.0698. The summed E-state index contributed by atoms with van der Waals surface area (Å²) in [6.07, 6.45) is 0.941. The first-order chi connectivity index (χ1) is 17.2. The molecule has 0 saturated carbocycles. The highest BCUT2D eigenvalue weighted by atomic mass is 32.2. The van der Waals surface area contributed by atoms with Gasteiger partial charge in [-0.15, -0.1) is 0 Å². The highest BCUT2D eigenvalue weighted by molar-refractivity contribution is 7.89. The number of hydrogen-bond acceptors (Lipinski definition) is 4. The number of carbonyl (C=O) groups excluding carboxylic acids is 1. The van der Waals surface area contributed by atoms with Crippen molar-refractivity contribution in [3.05, 3.63) is 77.9 Å². The molecule has 0 N–H and O–H groups in total. The highest BCUT2D eigenvalue weighted by Gasteiger charge is 2.30. The van der Waals surface area contributed by atoms with Crippen LogP contribution in [0.1, 0.15) is 43.6 Å². The van der Waals surface area contributed by atoms with Crippen LogP contribution in [-0.4, -0.2) is 73.2 Å². The van der Waals surface area contributed by atoms with Crippen LogP contribution < -0.4 is 0 Å². The van der Waals surface area contributed by atoms with E-state index in [4.69, 9.17) is 0 Å². The molecule has 3 aromatic rings. The molecule has 0 spiro atoms. The van der Waals surface area contributed by atoms with Crippen LogP contribution in [-0.2, 0) is 16.4 Å². The summed E-state index contributed by atoms with van der Waals surface area (Å²) in [5.74, 6) is -0.0460. The topological polar surface area (TPSA) is 60.9 Å². The third kappa shape index (κ3) is 5.80. The molecule has 1 amide bonds. The third-order valence-electron chi connectivity index (χ3n) is 7.07. The molecule has 0 atom stereocenters. The van der Waals surface area contributed by atoms with Crippen molar-refractivity contribution in [1.29, 1.82) is 0 Å². The predicted octanol–water partition coefficient (Wildman–Crippen LogP) is 4.65. The first kappa shape index (κ1) is 26.3. The van der Waals surface area contributed by atoms with Gasteiger partial charge in [0.2, 0.25) is 10.0 Å². The Bertz CT molecular complexity index is 1290. The summed E-state index contributed by atoms with van der Waals surface area (Å²) in [6, 6.07) is 21.8. The van der Waals surface area contributed by atoms with E-state index in [2.05, 4.69) is 32.6 Å². The molecule has 0 aromatic heterocycles. The van der Waals surface area contributed by atoms with Crippen LogP contribution in [0, 0.1) is 0 Å². The first-order valence-corrected chi connectivity index (χ1v) is 14.2. The Morgan fingerprint density at radius 2 is 1.44 bits per heavy atom. The minimum atomic E-state index is -3.61. The largest absolute Gasteiger partial charge is 0.336 e. The minimum Gasteiger partial charge on any atom is -0.336 e. The summed E-state index contributed by atoms with van der Waals surface area (Å²) >= 11 is 0. The van der Waals surface area contributed by atoms with Gasteiger partial charge in [0.1, 0.15) is 0 Å². The third-order valence-corrected chi connectivity index (χ3v) is 8.97. The Hall–Kier alpha value is -2.74. The standard InChI is InChI=1S/C29H37N3O3S/c1-22(2)32(23(3)4)16-15-24-9-11-26(12-10-24)29(33)30-17-19-31(20-18-30)36(34,35)28-14-13-25-7-5-6-8-27(25)21-28/h5-14,21-23H,15-20H2,1-4H3. The highest BCUT2D eigenvalue weighted by Crippen LogP contribution is 2.23. The van der Waals surface area contributed by atoms with Crippen molar-refractivity contribution < 1.29 is 13.2 Å². The van der Waals surface area contributed by atoms with E-state index in [1.807, 2.05) is 54.6 Å². The van der Waals surface area contributed by atoms with E-state index in [0.29, 0.717) is 48.7 Å². The Balaban J connectivity index is 1.35. The maximum atomic E-state index is 13.2. The molecule has 0 aliphatic carbocycles. The molecule has 0 radical (unpaired) electrons. The molecule has 1 aliphatic heterocycles. The molecule has 1 fully saturated rings. The van der Waals surface area contributed by atoms with Gasteiger partial charge in [0.25, 0.3) is 5.91 Å². The maximum Gasteiger partial charge on any atom is 0.253 e. The first-order valence-electron chi connectivity index (χ1n) is 12.8. The van der Waals surface area contributed by atoms with Gasteiger partial charge in [-0.25, -0.2) is 8.42 Å². The number of hydrogen-bond donors (Lipinski definition) is 0. The monoisotopic (exact) mass is 507 g/mol. The van der Waals surface area contributed by atoms with Crippen molar-refractivity contribution in [2.75, 3.05) is 32.7 Å². The van der Waals surface area contributed by atoms with Gasteiger partial charge < -0.3 is 4.90 Å². The van der Waals surface area contributed by atoms with Gasteiger partial charge in [-0.05, 0) is 74.7 Å². The molecule has 0 bridgehead atoms. The Labute approximate surface area is 215 Å². The second kappa shape index (κ2) is 11.1. The van der Waals surface area contributed by atoms with Crippen molar-refractivity contribution in [3.63, 3.8) is 0 Å². The van der Waals surface area contributed by atoms with Crippen LogP contribution in [0.5, 0.6) is 0 Å². The number of nitrogens with zero attached hydrogens (tertiary/aromatic N) is 3. The number of amides is 1. The smallest absolute Gasteiger partial charge is 0.253 e. The normalized spacial score (nSPS) is 15.4. The summed E-state index contributed by atoms with van der Waals surface area (Å²) < 4.78 is 27.9. The van der Waals surface area contributed by atoms with Gasteiger partial charge in [0.05, 0.1) is 4.90 Å². The summed E-state index contributed by atoms with van der Waals surface area (Å²) in [7, 11) is -3.61. The van der Waals surface area contributed by atoms with Gasteiger partial charge in [0, 0.05) is 50.4 Å². The number of piperazine rings is 1. The number of rotatable bonds is 8. The SMILES string of the molecule is CC(C)N(CCc1ccc(C(=O)N2CCN(S(=O)(=O)c3ccc4ccccc4c3)CC2)cc1)C(C)C. The van der Waals surface area contributed by atoms with Gasteiger partial charge in [0.15, 0.2) is 0 Å². The Kier molecular flexibility index (Phi) is 8.13. The van der Waals surface area contributed by atoms with E-state index in [9.17, 15) is 13.2 Å². The fourth-order valence-corrected chi connectivity index (χ4v) is 6.43. The van der Waals surface area contributed by atoms with Gasteiger partial charge in [-0.1, -0.05) is 42.5 Å². The molecular formula is C29H37N3O3S. The lowest BCUT2D eigenvalue weighted by Gasteiger charge is -2.34. The van der Waals surface area contributed by atoms with Crippen LogP contribution in [0.3, 0.4) is 0 Å². The lowest BCUT2D eigenvalue weighted by Crippen LogP contribution is -2.50. The molecule has 1 heterocycles. The summed E-state index contributed by atoms with van der Waals surface area (Å²) in [5, 5.41) is 1.91. The molecule has 4 rings (SSSR count). The summed E-state index contributed by atoms with van der Waals surface area (Å²) in [4.78, 5) is 17.6. The van der Waals surface area contributed by atoms with E-state index in [1.165, 1.54) is 9.87 Å². The van der Waals surface area contributed by atoms with Crippen LogP contribution in [0.4, 0.5) is 0 Å². The minimum absolute atomic E-state index is 0.0460. The number of fused-ring (bicyclic) bond motifs is 1. The van der Waals surface area contributed by atoms with Crippen molar-refractivity contribution >= 4 is 26.7 Å². The van der Waals surface area contributed by atoms with E-state index < -0.39 is 10.0 Å². The Morgan fingerprint density at radius 3 is 2.06 bits per heavy atom. The molecule has 1 saturated heterocycles. The summed E-state index contributed by atoms with van der Waals surface area (Å²) in [6.45, 7) is 11.2. The molecule has 7 heteroatoms. The number of sulfonamides is 1. The predicted molar refractivity (Wildman–Crippen MR) is 146 cm³/mol. The van der Waals surface area contributed by atoms with Crippen molar-refractivity contribution in [1.82, 2.24) is 14.1 Å². The second-order valence-electron chi connectivity index (χ2n) is 10.1. The van der Waals surface area contributed by atoms with E-state index in [0.717, 1.165) is 23.7 Å². The maximum absolute atomic E-state index is 13.2. The molecule has 3 aromatic carbocycles. The number of carbonyl (C=O) groups is 1. The summed E-state index contributed by atoms with van der Waals surface area (Å²) in [5.41, 5.74) is 1.86. The van der Waals surface area contributed by atoms with Crippen LogP contribution in [0.15, 0.2) is 71.6 Å². The molecule has 6 nitrogen and oxygen atoms in total. The molecule has 0 unspecified atom stereocenters. The van der Waals surface area contributed by atoms with E-state index in [1.54, 1.807) is 17.0 Å². The molecule has 1 aliphatic rings. The molecule has 192 valence electrons. The van der Waals surface area contributed by atoms with Crippen molar-refractivity contribution in [2.45, 2.75) is 51.1 Å². The van der Waals surface area contributed by atoms with Crippen LogP contribution >= 0.6 is 0 Å². The van der Waals surface area contributed by atoms with Crippen molar-refractivity contribution in [2.24, 2.45) is 0 Å². The van der Waals surface area contributed by atoms with Crippen LogP contribution in [0.2, 0.25) is 0 Å². The fraction of sp³-hybridized carbons (Fsp3) is 0.414. The quantitative estimate of drug-likeness (QED) is 0.445. The zero-order chi connectivity index (χ0) is 25.9. The molecular weight excluding hydrogens is 470 g/mol. The fourth-order valence-electron chi connectivity index (χ4n) is 4.98. The zero-order valence-corrected chi connectivity index (χ0v) is 22.5. The Morgan fingerprint density at radius 1 is 0.833 bits per heavy atom. The zero-order valence-electron chi connectivity index (χ0n) is 21.7. The number of benzene rings is 3. The van der Waals surface area contributed by atoms with E-state index >= 15 is 0 Å². The van der Waals surface area contributed by atoms with Crippen molar-refractivity contribution in [3.8, 4) is 0 Å². The average molecular weight is 508 g/mol. The lowest BCUT2D eigenvalue weighted by atomic mass is 10.1. The van der Waals surface area contributed by atoms with Gasteiger partial charge in [-0.3, -0.25) is 9.69 Å². The second-order valence-corrected chi connectivity index (χ2v) is 12.0. The van der Waals surface area contributed by atoms with E-state index in [-0.39, 0.29) is 5.91 Å². The molecule has 36 heavy (non-hydrogen) atoms. The van der Waals surface area contributed by atoms with Gasteiger partial charge >= 0.3 is 0 Å². The van der Waals surface area contributed by atoms with Crippen LogP contribution in [0.25, 0.3) is 10.8 Å². The van der Waals surface area contributed by atoms with Gasteiger partial charge in [-0.2, -0.15) is 4.31 Å². The average Bonchev–Trinajstić information content (AvgIpc) is 2.88.